The van der Waals surface area contributed by atoms with E-state index in [1.165, 1.54) is 12.1 Å². The van der Waals surface area contributed by atoms with Crippen molar-refractivity contribution < 1.29 is 18.1 Å². The van der Waals surface area contributed by atoms with Gasteiger partial charge in [-0.25, -0.2) is 8.42 Å². The van der Waals surface area contributed by atoms with Gasteiger partial charge >= 0.3 is 5.69 Å². The number of benzene rings is 2. The third-order valence-electron chi connectivity index (χ3n) is 4.18. The number of nitrogens with zero attached hydrogens (tertiary/aromatic N) is 2. The molecule has 138 valence electrons. The fourth-order valence-electron chi connectivity index (χ4n) is 3.01. The van der Waals surface area contributed by atoms with Crippen LogP contribution in [0, 0.1) is 10.1 Å². The summed E-state index contributed by atoms with van der Waals surface area (Å²) in [6.45, 7) is 0.919. The van der Waals surface area contributed by atoms with E-state index in [-0.39, 0.29) is 16.7 Å². The lowest BCUT2D eigenvalue weighted by Gasteiger charge is -2.20. The minimum atomic E-state index is -3.72. The van der Waals surface area contributed by atoms with Crippen LogP contribution in [0.2, 0.25) is 5.02 Å². The van der Waals surface area contributed by atoms with Gasteiger partial charge in [0.1, 0.15) is 22.4 Å². The minimum absolute atomic E-state index is 0.198. The summed E-state index contributed by atoms with van der Waals surface area (Å²) in [6, 6.07) is 11.4. The van der Waals surface area contributed by atoms with Crippen molar-refractivity contribution in [1.82, 2.24) is 0 Å². The van der Waals surface area contributed by atoms with Gasteiger partial charge in [0.2, 0.25) is 0 Å². The van der Waals surface area contributed by atoms with Crippen molar-refractivity contribution in [2.75, 3.05) is 24.2 Å². The van der Waals surface area contributed by atoms with Crippen LogP contribution in [0.5, 0.6) is 5.75 Å². The quantitative estimate of drug-likeness (QED) is 0.569. The van der Waals surface area contributed by atoms with E-state index in [0.29, 0.717) is 30.3 Å². The van der Waals surface area contributed by atoms with Gasteiger partial charge in [-0.2, -0.15) is 0 Å². The van der Waals surface area contributed by atoms with Crippen molar-refractivity contribution >= 4 is 32.8 Å². The number of hydrogen-bond donors (Lipinski definition) is 0. The smallest absolute Gasteiger partial charge is 0.311 e. The second-order valence-electron chi connectivity index (χ2n) is 6.06. The Balaban J connectivity index is 1.87. The molecule has 0 spiro atoms. The molecule has 0 bridgehead atoms. The summed E-state index contributed by atoms with van der Waals surface area (Å²) >= 11 is 6.10. The zero-order valence-electron chi connectivity index (χ0n) is 14.0. The molecule has 0 N–H and O–H groups in total. The van der Waals surface area contributed by atoms with E-state index in [1.807, 2.05) is 6.07 Å². The number of nitro groups is 1. The standard InChI is InChI=1S/C17H17ClN2O5S/c1-26(23,24)16-8-4-6-14(17(16)20(21)22)19-10-9-12(11-19)25-15-7-3-2-5-13(15)18/h2-8,12H,9-11H2,1H3. The Morgan fingerprint density at radius 3 is 2.62 bits per heavy atom. The first-order valence-electron chi connectivity index (χ1n) is 7.91. The number of para-hydroxylation sites is 2. The highest BCUT2D eigenvalue weighted by molar-refractivity contribution is 7.90. The summed E-state index contributed by atoms with van der Waals surface area (Å²) in [4.78, 5) is 12.4. The highest BCUT2D eigenvalue weighted by Gasteiger charge is 2.33. The Morgan fingerprint density at radius 1 is 1.23 bits per heavy atom. The van der Waals surface area contributed by atoms with E-state index in [2.05, 4.69) is 0 Å². The minimum Gasteiger partial charge on any atom is -0.487 e. The number of rotatable bonds is 5. The van der Waals surface area contributed by atoms with Crippen LogP contribution in [0.1, 0.15) is 6.42 Å². The predicted molar refractivity (Wildman–Crippen MR) is 98.9 cm³/mol. The van der Waals surface area contributed by atoms with Gasteiger partial charge < -0.3 is 9.64 Å². The first-order chi connectivity index (χ1) is 12.3. The third kappa shape index (κ3) is 3.76. The normalized spacial score (nSPS) is 17.3. The molecule has 1 fully saturated rings. The first kappa shape index (κ1) is 18.5. The maximum atomic E-state index is 11.9. The highest BCUT2D eigenvalue weighted by Crippen LogP contribution is 2.37. The van der Waals surface area contributed by atoms with Crippen LogP contribution < -0.4 is 9.64 Å². The third-order valence-corrected chi connectivity index (χ3v) is 5.62. The lowest BCUT2D eigenvalue weighted by molar-refractivity contribution is -0.387. The molecule has 1 heterocycles. The second-order valence-corrected chi connectivity index (χ2v) is 8.45. The van der Waals surface area contributed by atoms with Crippen molar-refractivity contribution in [3.63, 3.8) is 0 Å². The average molecular weight is 397 g/mol. The van der Waals surface area contributed by atoms with Crippen LogP contribution in [0.4, 0.5) is 11.4 Å². The second kappa shape index (κ2) is 7.13. The Bertz CT molecular complexity index is 948. The van der Waals surface area contributed by atoms with E-state index in [9.17, 15) is 18.5 Å². The fourth-order valence-corrected chi connectivity index (χ4v) is 4.05. The first-order valence-corrected chi connectivity index (χ1v) is 10.2. The van der Waals surface area contributed by atoms with E-state index < -0.39 is 20.4 Å². The Kier molecular flexibility index (Phi) is 5.06. The number of sulfone groups is 1. The average Bonchev–Trinajstić information content (AvgIpc) is 3.04. The SMILES string of the molecule is CS(=O)(=O)c1cccc(N2CCC(Oc3ccccc3Cl)C2)c1[N+](=O)[O-]. The molecule has 0 amide bonds. The van der Waals surface area contributed by atoms with Gasteiger partial charge in [-0.15, -0.1) is 0 Å². The fraction of sp³-hybridized carbons (Fsp3) is 0.294. The number of ether oxygens (including phenoxy) is 1. The summed E-state index contributed by atoms with van der Waals surface area (Å²) in [6.07, 6.45) is 1.41. The molecule has 1 aliphatic rings. The zero-order chi connectivity index (χ0) is 18.9. The van der Waals surface area contributed by atoms with Crippen molar-refractivity contribution in [3.05, 3.63) is 57.6 Å². The molecule has 1 unspecified atom stereocenters. The summed E-state index contributed by atoms with van der Waals surface area (Å²) in [5.74, 6) is 0.556. The topological polar surface area (TPSA) is 89.8 Å². The molecule has 3 rings (SSSR count). The number of anilines is 1. The zero-order valence-corrected chi connectivity index (χ0v) is 15.5. The van der Waals surface area contributed by atoms with Crippen molar-refractivity contribution in [1.29, 1.82) is 0 Å². The maximum absolute atomic E-state index is 11.9. The lowest BCUT2D eigenvalue weighted by atomic mass is 10.2. The molecule has 1 atom stereocenters. The Labute approximate surface area is 156 Å². The predicted octanol–water partition coefficient (Wildman–Crippen LogP) is 3.31. The van der Waals surface area contributed by atoms with Crippen LogP contribution in [-0.4, -0.2) is 38.8 Å². The largest absolute Gasteiger partial charge is 0.487 e. The van der Waals surface area contributed by atoms with Crippen molar-refractivity contribution in [3.8, 4) is 5.75 Å². The van der Waals surface area contributed by atoms with Crippen LogP contribution in [0.25, 0.3) is 0 Å². The van der Waals surface area contributed by atoms with Gasteiger partial charge in [-0.3, -0.25) is 10.1 Å². The Morgan fingerprint density at radius 2 is 1.96 bits per heavy atom. The van der Waals surface area contributed by atoms with E-state index >= 15 is 0 Å². The maximum Gasteiger partial charge on any atom is 0.311 e. The van der Waals surface area contributed by atoms with Gasteiger partial charge in [-0.1, -0.05) is 29.8 Å². The highest BCUT2D eigenvalue weighted by atomic mass is 35.5. The summed E-state index contributed by atoms with van der Waals surface area (Å²) < 4.78 is 29.7. The molecule has 26 heavy (non-hydrogen) atoms. The molecular formula is C17H17ClN2O5S. The van der Waals surface area contributed by atoms with Gasteiger partial charge in [0.15, 0.2) is 9.84 Å². The monoisotopic (exact) mass is 396 g/mol. The number of nitro benzene ring substituents is 1. The van der Waals surface area contributed by atoms with Crippen LogP contribution >= 0.6 is 11.6 Å². The van der Waals surface area contributed by atoms with E-state index in [4.69, 9.17) is 16.3 Å². The number of halogens is 1. The molecule has 1 aliphatic heterocycles. The van der Waals surface area contributed by atoms with Gasteiger partial charge in [0, 0.05) is 19.2 Å². The van der Waals surface area contributed by atoms with Crippen LogP contribution in [0.15, 0.2) is 47.4 Å². The van der Waals surface area contributed by atoms with Gasteiger partial charge in [0.05, 0.1) is 16.5 Å². The summed E-state index contributed by atoms with van der Waals surface area (Å²) in [5, 5.41) is 12.0. The molecule has 1 saturated heterocycles. The molecule has 0 aromatic heterocycles. The van der Waals surface area contributed by atoms with Gasteiger partial charge in [-0.05, 0) is 24.3 Å². The van der Waals surface area contributed by atoms with E-state index in [0.717, 1.165) is 6.26 Å². The van der Waals surface area contributed by atoms with Crippen molar-refractivity contribution in [2.45, 2.75) is 17.4 Å². The van der Waals surface area contributed by atoms with Crippen LogP contribution in [0.3, 0.4) is 0 Å². The molecule has 9 heteroatoms. The Hall–Kier alpha value is -2.32. The molecule has 0 aliphatic carbocycles. The molecule has 2 aromatic carbocycles. The number of hydrogen-bond acceptors (Lipinski definition) is 6. The molecule has 0 saturated carbocycles. The molecule has 7 nitrogen and oxygen atoms in total. The summed E-state index contributed by atoms with van der Waals surface area (Å²) in [5.41, 5.74) is -0.114. The summed E-state index contributed by atoms with van der Waals surface area (Å²) in [7, 11) is -3.72. The van der Waals surface area contributed by atoms with Crippen molar-refractivity contribution in [2.24, 2.45) is 0 Å². The lowest BCUT2D eigenvalue weighted by Crippen LogP contribution is -2.25. The molecule has 0 radical (unpaired) electrons. The van der Waals surface area contributed by atoms with E-state index in [1.54, 1.807) is 29.2 Å². The van der Waals surface area contributed by atoms with Crippen LogP contribution in [-0.2, 0) is 9.84 Å². The molecular weight excluding hydrogens is 380 g/mol. The molecule has 2 aromatic rings. The van der Waals surface area contributed by atoms with Gasteiger partial charge in [0.25, 0.3) is 0 Å².